The molecule has 3 rings (SSSR count). The van der Waals surface area contributed by atoms with E-state index in [9.17, 15) is 9.18 Å². The molecule has 0 spiro atoms. The van der Waals surface area contributed by atoms with E-state index < -0.39 is 0 Å². The molecule has 8 heteroatoms. The Morgan fingerprint density at radius 2 is 2.16 bits per heavy atom. The summed E-state index contributed by atoms with van der Waals surface area (Å²) in [4.78, 5) is 14.3. The maximum absolute atomic E-state index is 12.9. The SMILES string of the molecule is Cc1nnnn1CCC(=O)N1CCC[C@H](COc2ccc(F)cc2)C1. The van der Waals surface area contributed by atoms with Gasteiger partial charge in [-0.2, -0.15) is 0 Å². The second kappa shape index (κ2) is 8.04. The number of aromatic nitrogens is 4. The van der Waals surface area contributed by atoms with Gasteiger partial charge in [-0.3, -0.25) is 4.79 Å². The number of piperidine rings is 1. The van der Waals surface area contributed by atoms with Gasteiger partial charge in [0.25, 0.3) is 0 Å². The Labute approximate surface area is 145 Å². The lowest BCUT2D eigenvalue weighted by Crippen LogP contribution is -2.41. The molecule has 1 atom stereocenters. The van der Waals surface area contributed by atoms with Crippen molar-refractivity contribution in [1.82, 2.24) is 25.1 Å². The van der Waals surface area contributed by atoms with Crippen LogP contribution in [0.2, 0.25) is 0 Å². The number of hydrogen-bond acceptors (Lipinski definition) is 5. The highest BCUT2D eigenvalue weighted by Gasteiger charge is 2.24. The van der Waals surface area contributed by atoms with Gasteiger partial charge in [0.2, 0.25) is 5.91 Å². The van der Waals surface area contributed by atoms with Crippen molar-refractivity contribution >= 4 is 5.91 Å². The topological polar surface area (TPSA) is 73.1 Å². The van der Waals surface area contributed by atoms with Gasteiger partial charge in [0, 0.05) is 25.4 Å². The van der Waals surface area contributed by atoms with Crippen LogP contribution in [-0.2, 0) is 11.3 Å². The maximum Gasteiger partial charge on any atom is 0.224 e. The van der Waals surface area contributed by atoms with E-state index in [1.54, 1.807) is 16.8 Å². The van der Waals surface area contributed by atoms with Crippen molar-refractivity contribution in [2.24, 2.45) is 5.92 Å². The molecule has 2 aromatic rings. The van der Waals surface area contributed by atoms with Gasteiger partial charge in [-0.1, -0.05) is 0 Å². The summed E-state index contributed by atoms with van der Waals surface area (Å²) in [6, 6.07) is 6.01. The number of amides is 1. The molecule has 1 amide bonds. The highest BCUT2D eigenvalue weighted by Crippen LogP contribution is 2.20. The van der Waals surface area contributed by atoms with Gasteiger partial charge in [0.15, 0.2) is 0 Å². The summed E-state index contributed by atoms with van der Waals surface area (Å²) in [6.07, 6.45) is 2.38. The summed E-state index contributed by atoms with van der Waals surface area (Å²) in [5.41, 5.74) is 0. The number of tetrazole rings is 1. The number of carbonyl (C=O) groups is 1. The first-order valence-corrected chi connectivity index (χ1v) is 8.51. The molecule has 2 heterocycles. The number of halogens is 1. The average molecular weight is 347 g/mol. The average Bonchev–Trinajstić information content (AvgIpc) is 3.04. The van der Waals surface area contributed by atoms with Crippen molar-refractivity contribution in [3.8, 4) is 5.75 Å². The predicted molar refractivity (Wildman–Crippen MR) is 88.4 cm³/mol. The molecule has 1 aromatic carbocycles. The normalized spacial score (nSPS) is 17.5. The first-order chi connectivity index (χ1) is 12.1. The van der Waals surface area contributed by atoms with E-state index in [-0.39, 0.29) is 17.6 Å². The smallest absolute Gasteiger partial charge is 0.224 e. The minimum absolute atomic E-state index is 0.112. The Kier molecular flexibility index (Phi) is 5.57. The molecule has 1 aromatic heterocycles. The van der Waals surface area contributed by atoms with Crippen LogP contribution in [0, 0.1) is 18.7 Å². The van der Waals surface area contributed by atoms with Crippen molar-refractivity contribution in [2.45, 2.75) is 32.7 Å². The summed E-state index contributed by atoms with van der Waals surface area (Å²) < 4.78 is 20.3. The zero-order valence-electron chi connectivity index (χ0n) is 14.3. The van der Waals surface area contributed by atoms with Gasteiger partial charge in [-0.05, 0) is 54.5 Å². The summed E-state index contributed by atoms with van der Waals surface area (Å²) in [5, 5.41) is 11.3. The number of rotatable bonds is 6. The van der Waals surface area contributed by atoms with Gasteiger partial charge >= 0.3 is 0 Å². The Morgan fingerprint density at radius 3 is 2.88 bits per heavy atom. The third-order valence-electron chi connectivity index (χ3n) is 4.42. The molecule has 25 heavy (non-hydrogen) atoms. The molecule has 0 unspecified atom stereocenters. The number of nitrogens with zero attached hydrogens (tertiary/aromatic N) is 5. The van der Waals surface area contributed by atoms with E-state index >= 15 is 0 Å². The number of benzene rings is 1. The van der Waals surface area contributed by atoms with Crippen molar-refractivity contribution in [3.05, 3.63) is 35.9 Å². The lowest BCUT2D eigenvalue weighted by Gasteiger charge is -2.32. The largest absolute Gasteiger partial charge is 0.493 e. The first-order valence-electron chi connectivity index (χ1n) is 8.51. The van der Waals surface area contributed by atoms with Crippen LogP contribution in [-0.4, -0.2) is 50.7 Å². The second-order valence-corrected chi connectivity index (χ2v) is 6.31. The van der Waals surface area contributed by atoms with Crippen LogP contribution >= 0.6 is 0 Å². The molecule has 1 aliphatic heterocycles. The molecule has 1 aliphatic rings. The van der Waals surface area contributed by atoms with Crippen molar-refractivity contribution in [3.63, 3.8) is 0 Å². The third kappa shape index (κ3) is 4.74. The zero-order valence-corrected chi connectivity index (χ0v) is 14.3. The Morgan fingerprint density at radius 1 is 1.36 bits per heavy atom. The fraction of sp³-hybridized carbons (Fsp3) is 0.529. The van der Waals surface area contributed by atoms with Crippen LogP contribution < -0.4 is 4.74 Å². The summed E-state index contributed by atoms with van der Waals surface area (Å²) in [6.45, 7) is 4.30. The summed E-state index contributed by atoms with van der Waals surface area (Å²) >= 11 is 0. The van der Waals surface area contributed by atoms with Crippen LogP contribution in [0.25, 0.3) is 0 Å². The van der Waals surface area contributed by atoms with Gasteiger partial charge < -0.3 is 9.64 Å². The fourth-order valence-electron chi connectivity index (χ4n) is 2.99. The zero-order chi connectivity index (χ0) is 17.6. The third-order valence-corrected chi connectivity index (χ3v) is 4.42. The van der Waals surface area contributed by atoms with Crippen molar-refractivity contribution in [2.75, 3.05) is 19.7 Å². The molecule has 0 N–H and O–H groups in total. The van der Waals surface area contributed by atoms with Crippen LogP contribution in [0.3, 0.4) is 0 Å². The molecule has 1 fully saturated rings. The van der Waals surface area contributed by atoms with Gasteiger partial charge in [0.05, 0.1) is 13.2 Å². The molecule has 0 saturated carbocycles. The minimum atomic E-state index is -0.278. The standard InChI is InChI=1S/C17H22FN5O2/c1-13-19-20-21-23(13)10-8-17(24)22-9-2-3-14(11-22)12-25-16-6-4-15(18)5-7-16/h4-7,14H,2-3,8-12H2,1H3/t14-/m0/s1. The number of aryl methyl sites for hydroxylation is 2. The second-order valence-electron chi connectivity index (χ2n) is 6.31. The quantitative estimate of drug-likeness (QED) is 0.797. The fourth-order valence-corrected chi connectivity index (χ4v) is 2.99. The van der Waals surface area contributed by atoms with Crippen LogP contribution in [0.15, 0.2) is 24.3 Å². The van der Waals surface area contributed by atoms with E-state index in [1.807, 2.05) is 11.8 Å². The van der Waals surface area contributed by atoms with Crippen LogP contribution in [0.1, 0.15) is 25.1 Å². The van der Waals surface area contributed by atoms with Gasteiger partial charge in [0.1, 0.15) is 17.4 Å². The Balaban J connectivity index is 1.46. The summed E-state index contributed by atoms with van der Waals surface area (Å²) in [7, 11) is 0. The van der Waals surface area contributed by atoms with E-state index in [4.69, 9.17) is 4.74 Å². The maximum atomic E-state index is 12.9. The Bertz CT molecular complexity index is 703. The van der Waals surface area contributed by atoms with Gasteiger partial charge in [-0.15, -0.1) is 5.10 Å². The first kappa shape index (κ1) is 17.3. The van der Waals surface area contributed by atoms with E-state index in [0.717, 1.165) is 19.4 Å². The Hall–Kier alpha value is -2.51. The monoisotopic (exact) mass is 347 g/mol. The highest BCUT2D eigenvalue weighted by molar-refractivity contribution is 5.76. The van der Waals surface area contributed by atoms with Crippen LogP contribution in [0.5, 0.6) is 5.75 Å². The number of hydrogen-bond donors (Lipinski definition) is 0. The molecular weight excluding hydrogens is 325 g/mol. The number of ether oxygens (including phenoxy) is 1. The van der Waals surface area contributed by atoms with E-state index in [1.165, 1.54) is 12.1 Å². The number of carbonyl (C=O) groups excluding carboxylic acids is 1. The van der Waals surface area contributed by atoms with Crippen molar-refractivity contribution in [1.29, 1.82) is 0 Å². The molecule has 0 radical (unpaired) electrons. The van der Waals surface area contributed by atoms with E-state index in [0.29, 0.717) is 37.7 Å². The lowest BCUT2D eigenvalue weighted by atomic mass is 9.98. The van der Waals surface area contributed by atoms with Crippen molar-refractivity contribution < 1.29 is 13.9 Å². The van der Waals surface area contributed by atoms with Gasteiger partial charge in [-0.25, -0.2) is 9.07 Å². The molecular formula is C17H22FN5O2. The van der Waals surface area contributed by atoms with Crippen LogP contribution in [0.4, 0.5) is 4.39 Å². The van der Waals surface area contributed by atoms with E-state index in [2.05, 4.69) is 15.5 Å². The molecule has 0 aliphatic carbocycles. The molecule has 0 bridgehead atoms. The lowest BCUT2D eigenvalue weighted by molar-refractivity contribution is -0.133. The minimum Gasteiger partial charge on any atom is -0.493 e. The molecule has 134 valence electrons. The molecule has 7 nitrogen and oxygen atoms in total. The highest BCUT2D eigenvalue weighted by atomic mass is 19.1. The number of likely N-dealkylation sites (tertiary alicyclic amines) is 1. The summed E-state index contributed by atoms with van der Waals surface area (Å²) in [5.74, 6) is 1.48. The molecule has 1 saturated heterocycles. The predicted octanol–water partition coefficient (Wildman–Crippen LogP) is 1.83.